The van der Waals surface area contributed by atoms with E-state index in [2.05, 4.69) is 5.32 Å². The van der Waals surface area contributed by atoms with Crippen molar-refractivity contribution in [1.29, 1.82) is 0 Å². The van der Waals surface area contributed by atoms with Gasteiger partial charge in [0.25, 0.3) is 0 Å². The van der Waals surface area contributed by atoms with Crippen molar-refractivity contribution in [3.63, 3.8) is 0 Å². The van der Waals surface area contributed by atoms with E-state index in [9.17, 15) is 4.79 Å². The first-order valence-corrected chi connectivity index (χ1v) is 7.47. The highest BCUT2D eigenvalue weighted by molar-refractivity contribution is 5.93. The summed E-state index contributed by atoms with van der Waals surface area (Å²) in [5, 5.41) is 2.97. The molecule has 1 amide bonds. The third-order valence-electron chi connectivity index (χ3n) is 3.96. The summed E-state index contributed by atoms with van der Waals surface area (Å²) in [6.45, 7) is 1.61. The lowest BCUT2D eigenvalue weighted by Gasteiger charge is -2.17. The largest absolute Gasteiger partial charge is 0.491 e. The number of rotatable bonds is 7. The van der Waals surface area contributed by atoms with E-state index in [1.165, 1.54) is 0 Å². The standard InChI is InChI=1S/C16H24N2O3/c1-20-8-9-21-14-6-3-5-13(10-14)18-16(19)15-7-2-4-12(15)11-17/h3,5-6,10,12,15H,2,4,7-9,11,17H2,1H3,(H,18,19)/t12-,15-/m1/s1. The van der Waals surface area contributed by atoms with Crippen LogP contribution in [0.3, 0.4) is 0 Å². The number of anilines is 1. The van der Waals surface area contributed by atoms with Gasteiger partial charge in [-0.1, -0.05) is 12.5 Å². The van der Waals surface area contributed by atoms with Crippen LogP contribution >= 0.6 is 0 Å². The van der Waals surface area contributed by atoms with E-state index in [1.54, 1.807) is 7.11 Å². The average molecular weight is 292 g/mol. The molecule has 1 saturated carbocycles. The van der Waals surface area contributed by atoms with Crippen LogP contribution in [-0.4, -0.2) is 32.8 Å². The van der Waals surface area contributed by atoms with Gasteiger partial charge in [-0.05, 0) is 37.4 Å². The molecule has 0 saturated heterocycles. The first kappa shape index (κ1) is 15.8. The molecule has 1 aromatic carbocycles. The molecule has 0 unspecified atom stereocenters. The molecule has 1 aromatic rings. The fourth-order valence-electron chi connectivity index (χ4n) is 2.81. The summed E-state index contributed by atoms with van der Waals surface area (Å²) in [4.78, 5) is 12.3. The Morgan fingerprint density at radius 1 is 1.38 bits per heavy atom. The molecular weight excluding hydrogens is 268 g/mol. The van der Waals surface area contributed by atoms with Crippen molar-refractivity contribution >= 4 is 11.6 Å². The van der Waals surface area contributed by atoms with Gasteiger partial charge in [0.05, 0.1) is 6.61 Å². The Morgan fingerprint density at radius 2 is 2.24 bits per heavy atom. The summed E-state index contributed by atoms with van der Waals surface area (Å²) < 4.78 is 10.5. The van der Waals surface area contributed by atoms with Gasteiger partial charge in [-0.3, -0.25) is 4.79 Å². The van der Waals surface area contributed by atoms with Crippen LogP contribution in [0.2, 0.25) is 0 Å². The number of hydrogen-bond acceptors (Lipinski definition) is 4. The maximum atomic E-state index is 12.3. The number of benzene rings is 1. The van der Waals surface area contributed by atoms with E-state index >= 15 is 0 Å². The smallest absolute Gasteiger partial charge is 0.227 e. The molecule has 5 heteroatoms. The zero-order valence-electron chi connectivity index (χ0n) is 12.5. The van der Waals surface area contributed by atoms with Gasteiger partial charge in [0.1, 0.15) is 12.4 Å². The summed E-state index contributed by atoms with van der Waals surface area (Å²) in [6.07, 6.45) is 3.06. The molecule has 0 aromatic heterocycles. The summed E-state index contributed by atoms with van der Waals surface area (Å²) in [7, 11) is 1.63. The van der Waals surface area contributed by atoms with Crippen molar-refractivity contribution in [3.8, 4) is 5.75 Å². The van der Waals surface area contributed by atoms with Crippen LogP contribution in [0, 0.1) is 11.8 Å². The van der Waals surface area contributed by atoms with E-state index in [0.29, 0.717) is 25.7 Å². The molecule has 3 N–H and O–H groups in total. The van der Waals surface area contributed by atoms with E-state index in [1.807, 2.05) is 24.3 Å². The zero-order valence-corrected chi connectivity index (χ0v) is 12.5. The molecule has 1 aliphatic rings. The van der Waals surface area contributed by atoms with E-state index in [0.717, 1.165) is 30.7 Å². The van der Waals surface area contributed by atoms with Gasteiger partial charge in [-0.15, -0.1) is 0 Å². The van der Waals surface area contributed by atoms with Gasteiger partial charge in [0.2, 0.25) is 5.91 Å². The number of carbonyl (C=O) groups excluding carboxylic acids is 1. The van der Waals surface area contributed by atoms with Crippen LogP contribution in [-0.2, 0) is 9.53 Å². The number of amides is 1. The van der Waals surface area contributed by atoms with Crippen molar-refractivity contribution in [2.45, 2.75) is 19.3 Å². The lowest BCUT2D eigenvalue weighted by Crippen LogP contribution is -2.29. The summed E-state index contributed by atoms with van der Waals surface area (Å²) in [6, 6.07) is 7.43. The molecule has 2 rings (SSSR count). The van der Waals surface area contributed by atoms with Crippen molar-refractivity contribution in [2.24, 2.45) is 17.6 Å². The minimum Gasteiger partial charge on any atom is -0.491 e. The summed E-state index contributed by atoms with van der Waals surface area (Å²) in [5.41, 5.74) is 6.50. The van der Waals surface area contributed by atoms with Gasteiger partial charge in [-0.2, -0.15) is 0 Å². The SMILES string of the molecule is COCCOc1cccc(NC(=O)[C@@H]2CCC[C@@H]2CN)c1. The lowest BCUT2D eigenvalue weighted by atomic mass is 9.95. The van der Waals surface area contributed by atoms with Crippen molar-refractivity contribution in [3.05, 3.63) is 24.3 Å². The quantitative estimate of drug-likeness (QED) is 0.754. The van der Waals surface area contributed by atoms with Crippen molar-refractivity contribution in [1.82, 2.24) is 0 Å². The Hall–Kier alpha value is -1.59. The summed E-state index contributed by atoms with van der Waals surface area (Å²) in [5.74, 6) is 1.14. The van der Waals surface area contributed by atoms with Gasteiger partial charge in [0, 0.05) is 24.8 Å². The molecule has 0 heterocycles. The van der Waals surface area contributed by atoms with Crippen LogP contribution in [0.5, 0.6) is 5.75 Å². The second kappa shape index (κ2) is 8.00. The zero-order chi connectivity index (χ0) is 15.1. The highest BCUT2D eigenvalue weighted by Gasteiger charge is 2.31. The number of methoxy groups -OCH3 is 1. The predicted molar refractivity (Wildman–Crippen MR) is 82.3 cm³/mol. The Kier molecular flexibility index (Phi) is 6.02. The molecule has 116 valence electrons. The van der Waals surface area contributed by atoms with Crippen LogP contribution in [0.1, 0.15) is 19.3 Å². The Balaban J connectivity index is 1.92. The molecule has 2 atom stereocenters. The predicted octanol–water partition coefficient (Wildman–Crippen LogP) is 2.03. The molecule has 5 nitrogen and oxygen atoms in total. The molecule has 0 bridgehead atoms. The highest BCUT2D eigenvalue weighted by atomic mass is 16.5. The minimum atomic E-state index is 0.0352. The molecule has 1 fully saturated rings. The lowest BCUT2D eigenvalue weighted by molar-refractivity contribution is -0.120. The van der Waals surface area contributed by atoms with Gasteiger partial charge in [0.15, 0.2) is 0 Å². The maximum absolute atomic E-state index is 12.3. The fourth-order valence-corrected chi connectivity index (χ4v) is 2.81. The number of carbonyl (C=O) groups is 1. The normalized spacial score (nSPS) is 21.2. The van der Waals surface area contributed by atoms with Gasteiger partial charge < -0.3 is 20.5 Å². The topological polar surface area (TPSA) is 73.6 Å². The van der Waals surface area contributed by atoms with Gasteiger partial charge >= 0.3 is 0 Å². The first-order chi connectivity index (χ1) is 10.2. The Bertz CT molecular complexity index is 465. The third-order valence-corrected chi connectivity index (χ3v) is 3.96. The van der Waals surface area contributed by atoms with Crippen molar-refractivity contribution in [2.75, 3.05) is 32.2 Å². The molecular formula is C16H24N2O3. The van der Waals surface area contributed by atoms with E-state index < -0.39 is 0 Å². The average Bonchev–Trinajstić information content (AvgIpc) is 2.96. The van der Waals surface area contributed by atoms with Crippen LogP contribution in [0.25, 0.3) is 0 Å². The molecule has 21 heavy (non-hydrogen) atoms. The second-order valence-corrected chi connectivity index (χ2v) is 5.39. The third kappa shape index (κ3) is 4.44. The maximum Gasteiger partial charge on any atom is 0.227 e. The molecule has 0 aliphatic heterocycles. The second-order valence-electron chi connectivity index (χ2n) is 5.39. The van der Waals surface area contributed by atoms with Crippen molar-refractivity contribution < 1.29 is 14.3 Å². The van der Waals surface area contributed by atoms with Crippen LogP contribution in [0.4, 0.5) is 5.69 Å². The van der Waals surface area contributed by atoms with Crippen LogP contribution < -0.4 is 15.8 Å². The van der Waals surface area contributed by atoms with E-state index in [4.69, 9.17) is 15.2 Å². The minimum absolute atomic E-state index is 0.0352. The first-order valence-electron chi connectivity index (χ1n) is 7.47. The number of hydrogen-bond donors (Lipinski definition) is 2. The van der Waals surface area contributed by atoms with Gasteiger partial charge in [-0.25, -0.2) is 0 Å². The fraction of sp³-hybridized carbons (Fsp3) is 0.562. The highest BCUT2D eigenvalue weighted by Crippen LogP contribution is 2.32. The summed E-state index contributed by atoms with van der Waals surface area (Å²) >= 11 is 0. The Labute approximate surface area is 125 Å². The molecule has 0 radical (unpaired) electrons. The Morgan fingerprint density at radius 3 is 3.00 bits per heavy atom. The molecule has 1 aliphatic carbocycles. The monoisotopic (exact) mass is 292 g/mol. The number of ether oxygens (including phenoxy) is 2. The number of nitrogens with two attached hydrogens (primary N) is 1. The van der Waals surface area contributed by atoms with Crippen LogP contribution in [0.15, 0.2) is 24.3 Å². The number of nitrogens with one attached hydrogen (secondary N) is 1. The molecule has 0 spiro atoms. The van der Waals surface area contributed by atoms with E-state index in [-0.39, 0.29) is 11.8 Å².